The molecule has 0 amide bonds. The van der Waals surface area contributed by atoms with Crippen molar-refractivity contribution in [3.63, 3.8) is 0 Å². The number of aliphatic hydroxyl groups excluding tert-OH is 1. The fraction of sp³-hybridized carbons (Fsp3) is 0.562. The van der Waals surface area contributed by atoms with Crippen molar-refractivity contribution in [3.05, 3.63) is 29.8 Å². The third-order valence-electron chi connectivity index (χ3n) is 3.52. The van der Waals surface area contributed by atoms with Crippen molar-refractivity contribution in [3.8, 4) is 5.75 Å². The van der Waals surface area contributed by atoms with Gasteiger partial charge in [0.2, 0.25) is 0 Å². The Hall–Kier alpha value is -1.17. The number of benzene rings is 1. The lowest BCUT2D eigenvalue weighted by Gasteiger charge is -2.26. The molecule has 0 fully saturated rings. The highest BCUT2D eigenvalue weighted by Gasteiger charge is 2.13. The maximum atomic E-state index is 10.1. The number of hydrogen-bond acceptors (Lipinski definition) is 4. The van der Waals surface area contributed by atoms with E-state index in [1.807, 2.05) is 25.2 Å². The van der Waals surface area contributed by atoms with Crippen LogP contribution < -0.4 is 10.5 Å². The molecule has 0 heterocycles. The molecule has 5 heteroatoms. The van der Waals surface area contributed by atoms with Crippen LogP contribution in [0.5, 0.6) is 5.75 Å². The maximum absolute atomic E-state index is 10.1. The Labute approximate surface area is 132 Å². The van der Waals surface area contributed by atoms with E-state index in [0.29, 0.717) is 23.3 Å². The highest BCUT2D eigenvalue weighted by Crippen LogP contribution is 2.14. The smallest absolute Gasteiger partial charge is 0.120 e. The van der Waals surface area contributed by atoms with Crippen molar-refractivity contribution < 1.29 is 9.84 Å². The summed E-state index contributed by atoms with van der Waals surface area (Å²) in [6.07, 6.45) is 1.74. The van der Waals surface area contributed by atoms with Crippen molar-refractivity contribution in [1.82, 2.24) is 4.90 Å². The van der Waals surface area contributed by atoms with E-state index in [0.717, 1.165) is 18.4 Å². The molecular weight excluding hydrogens is 284 g/mol. The average molecular weight is 310 g/mol. The molecule has 0 aliphatic rings. The van der Waals surface area contributed by atoms with Crippen LogP contribution in [0, 0.1) is 0 Å². The van der Waals surface area contributed by atoms with Crippen LogP contribution in [-0.4, -0.2) is 47.3 Å². The SMILES string of the molecule is CCCC(C)N(C)CC(O)COc1cccc(C(N)=S)c1. The van der Waals surface area contributed by atoms with Gasteiger partial charge >= 0.3 is 0 Å². The van der Waals surface area contributed by atoms with E-state index in [1.165, 1.54) is 0 Å². The summed E-state index contributed by atoms with van der Waals surface area (Å²) in [6.45, 7) is 5.18. The van der Waals surface area contributed by atoms with Crippen molar-refractivity contribution in [2.75, 3.05) is 20.2 Å². The molecule has 0 spiro atoms. The van der Waals surface area contributed by atoms with Gasteiger partial charge in [-0.3, -0.25) is 0 Å². The predicted molar refractivity (Wildman–Crippen MR) is 90.8 cm³/mol. The summed E-state index contributed by atoms with van der Waals surface area (Å²) in [5, 5.41) is 10.1. The van der Waals surface area contributed by atoms with Crippen LogP contribution in [0.2, 0.25) is 0 Å². The number of ether oxygens (including phenoxy) is 1. The lowest BCUT2D eigenvalue weighted by atomic mass is 10.1. The summed E-state index contributed by atoms with van der Waals surface area (Å²) in [4.78, 5) is 2.50. The molecule has 0 aliphatic heterocycles. The Bertz CT molecular complexity index is 454. The second-order valence-corrected chi connectivity index (χ2v) is 5.87. The molecular formula is C16H26N2O2S. The Kier molecular flexibility index (Phi) is 7.64. The fourth-order valence-electron chi connectivity index (χ4n) is 2.13. The first-order chi connectivity index (χ1) is 9.93. The summed E-state index contributed by atoms with van der Waals surface area (Å²) in [5.41, 5.74) is 6.36. The standard InChI is InChI=1S/C16H26N2O2S/c1-4-6-12(2)18(3)10-14(19)11-20-15-8-5-7-13(9-15)16(17)21/h5,7-9,12,14,19H,4,6,10-11H2,1-3H3,(H2,17,21). The molecule has 21 heavy (non-hydrogen) atoms. The molecule has 0 aliphatic carbocycles. The lowest BCUT2D eigenvalue weighted by molar-refractivity contribution is 0.0641. The first-order valence-corrected chi connectivity index (χ1v) is 7.75. The molecule has 0 saturated heterocycles. The normalized spacial score (nSPS) is 14.0. The largest absolute Gasteiger partial charge is 0.491 e. The van der Waals surface area contributed by atoms with Gasteiger partial charge in [-0.2, -0.15) is 0 Å². The van der Waals surface area contributed by atoms with Gasteiger partial charge in [0.05, 0.1) is 0 Å². The van der Waals surface area contributed by atoms with Gasteiger partial charge < -0.3 is 20.5 Å². The minimum absolute atomic E-state index is 0.254. The quantitative estimate of drug-likeness (QED) is 0.685. The van der Waals surface area contributed by atoms with Gasteiger partial charge in [-0.15, -0.1) is 0 Å². The number of likely N-dealkylation sites (N-methyl/N-ethyl adjacent to an activating group) is 1. The summed E-state index contributed by atoms with van der Waals surface area (Å²) in [6, 6.07) is 7.76. The van der Waals surface area contributed by atoms with Crippen LogP contribution in [0.3, 0.4) is 0 Å². The number of nitrogens with two attached hydrogens (primary N) is 1. The van der Waals surface area contributed by atoms with E-state index in [4.69, 9.17) is 22.7 Å². The number of hydrogen-bond donors (Lipinski definition) is 2. The van der Waals surface area contributed by atoms with E-state index < -0.39 is 6.10 Å². The van der Waals surface area contributed by atoms with Crippen LogP contribution in [-0.2, 0) is 0 Å². The number of nitrogens with zero attached hydrogens (tertiary/aromatic N) is 1. The number of rotatable bonds is 9. The summed E-state index contributed by atoms with van der Waals surface area (Å²) in [5.74, 6) is 0.670. The third-order valence-corrected chi connectivity index (χ3v) is 3.75. The molecule has 2 atom stereocenters. The Balaban J connectivity index is 2.44. The molecule has 0 bridgehead atoms. The Morgan fingerprint density at radius 1 is 1.48 bits per heavy atom. The van der Waals surface area contributed by atoms with Gasteiger partial charge in [0.25, 0.3) is 0 Å². The monoisotopic (exact) mass is 310 g/mol. The number of thiocarbonyl (C=S) groups is 1. The highest BCUT2D eigenvalue weighted by molar-refractivity contribution is 7.80. The molecule has 0 saturated carbocycles. The molecule has 0 radical (unpaired) electrons. The van der Waals surface area contributed by atoms with E-state index in [9.17, 15) is 5.11 Å². The molecule has 1 aromatic carbocycles. The minimum Gasteiger partial charge on any atom is -0.491 e. The van der Waals surface area contributed by atoms with E-state index >= 15 is 0 Å². The molecule has 0 aromatic heterocycles. The van der Waals surface area contributed by atoms with E-state index in [-0.39, 0.29) is 6.61 Å². The van der Waals surface area contributed by atoms with Crippen LogP contribution in [0.15, 0.2) is 24.3 Å². The summed E-state index contributed by atoms with van der Waals surface area (Å²) in [7, 11) is 2.02. The minimum atomic E-state index is -0.525. The van der Waals surface area contributed by atoms with Crippen LogP contribution in [0.1, 0.15) is 32.3 Å². The average Bonchev–Trinajstić information content (AvgIpc) is 2.45. The van der Waals surface area contributed by atoms with Crippen LogP contribution in [0.25, 0.3) is 0 Å². The molecule has 118 valence electrons. The van der Waals surface area contributed by atoms with Crippen molar-refractivity contribution >= 4 is 17.2 Å². The van der Waals surface area contributed by atoms with E-state index in [2.05, 4.69) is 18.7 Å². The zero-order valence-corrected chi connectivity index (χ0v) is 13.9. The molecule has 1 rings (SSSR count). The predicted octanol–water partition coefficient (Wildman–Crippen LogP) is 2.18. The first kappa shape index (κ1) is 17.9. The highest BCUT2D eigenvalue weighted by atomic mass is 32.1. The second kappa shape index (κ2) is 8.97. The second-order valence-electron chi connectivity index (χ2n) is 5.43. The van der Waals surface area contributed by atoms with Crippen molar-refractivity contribution in [1.29, 1.82) is 0 Å². The Morgan fingerprint density at radius 3 is 2.81 bits per heavy atom. The van der Waals surface area contributed by atoms with Gasteiger partial charge in [0.15, 0.2) is 0 Å². The molecule has 4 nitrogen and oxygen atoms in total. The van der Waals surface area contributed by atoms with Gasteiger partial charge in [-0.25, -0.2) is 0 Å². The molecule has 3 N–H and O–H groups in total. The Morgan fingerprint density at radius 2 is 2.19 bits per heavy atom. The van der Waals surface area contributed by atoms with Gasteiger partial charge in [0.1, 0.15) is 23.4 Å². The molecule has 1 aromatic rings. The lowest BCUT2D eigenvalue weighted by Crippen LogP contribution is -2.38. The summed E-state index contributed by atoms with van der Waals surface area (Å²) < 4.78 is 5.61. The van der Waals surface area contributed by atoms with Crippen LogP contribution in [0.4, 0.5) is 0 Å². The van der Waals surface area contributed by atoms with Crippen LogP contribution >= 0.6 is 12.2 Å². The van der Waals surface area contributed by atoms with Gasteiger partial charge in [-0.05, 0) is 32.5 Å². The maximum Gasteiger partial charge on any atom is 0.120 e. The summed E-state index contributed by atoms with van der Waals surface area (Å²) >= 11 is 4.93. The van der Waals surface area contributed by atoms with Crippen molar-refractivity contribution in [2.45, 2.75) is 38.8 Å². The van der Waals surface area contributed by atoms with E-state index in [1.54, 1.807) is 6.07 Å². The first-order valence-electron chi connectivity index (χ1n) is 7.35. The zero-order chi connectivity index (χ0) is 15.8. The molecule has 2 unspecified atom stereocenters. The zero-order valence-electron chi connectivity index (χ0n) is 13.1. The van der Waals surface area contributed by atoms with Gasteiger partial charge in [0, 0.05) is 18.2 Å². The van der Waals surface area contributed by atoms with Crippen molar-refractivity contribution in [2.24, 2.45) is 5.73 Å². The fourth-order valence-corrected chi connectivity index (χ4v) is 2.26. The number of aliphatic hydroxyl groups is 1. The topological polar surface area (TPSA) is 58.7 Å². The third kappa shape index (κ3) is 6.42. The van der Waals surface area contributed by atoms with Gasteiger partial charge in [-0.1, -0.05) is 37.7 Å².